The summed E-state index contributed by atoms with van der Waals surface area (Å²) in [6.07, 6.45) is 9.08. The maximum atomic E-state index is 12.7. The first-order valence-corrected chi connectivity index (χ1v) is 10.2. The Bertz CT molecular complexity index is 550. The molecule has 0 N–H and O–H groups in total. The molecule has 26 heavy (non-hydrogen) atoms. The van der Waals surface area contributed by atoms with Crippen LogP contribution >= 0.6 is 0 Å². The van der Waals surface area contributed by atoms with Gasteiger partial charge in [0.15, 0.2) is 0 Å². The molecule has 0 aromatic carbocycles. The van der Waals surface area contributed by atoms with E-state index in [4.69, 9.17) is 4.74 Å². The van der Waals surface area contributed by atoms with E-state index < -0.39 is 0 Å². The number of rotatable bonds is 6. The van der Waals surface area contributed by atoms with Crippen LogP contribution in [0, 0.1) is 5.92 Å². The summed E-state index contributed by atoms with van der Waals surface area (Å²) in [7, 11) is 0. The number of hydrogen-bond donors (Lipinski definition) is 0. The van der Waals surface area contributed by atoms with E-state index in [1.54, 1.807) is 12.4 Å². The van der Waals surface area contributed by atoms with Gasteiger partial charge in [-0.05, 0) is 56.7 Å². The van der Waals surface area contributed by atoms with Crippen LogP contribution in [0.3, 0.4) is 0 Å². The first-order chi connectivity index (χ1) is 12.6. The molecule has 0 unspecified atom stereocenters. The van der Waals surface area contributed by atoms with Gasteiger partial charge in [0.1, 0.15) is 0 Å². The maximum Gasteiger partial charge on any atom is 0.253 e. The molecule has 0 bridgehead atoms. The van der Waals surface area contributed by atoms with Crippen LogP contribution in [0.15, 0.2) is 24.5 Å². The minimum Gasteiger partial charge on any atom is -0.381 e. The Morgan fingerprint density at radius 3 is 2.38 bits per heavy atom. The SMILES string of the molecule is CC(C)CCN(C1CCOCC1)C1CCN(C(=O)c2ccncc2)CC1. The van der Waals surface area contributed by atoms with Crippen LogP contribution in [-0.4, -0.2) is 65.6 Å². The molecule has 1 aromatic rings. The second kappa shape index (κ2) is 9.47. The molecule has 144 valence electrons. The van der Waals surface area contributed by atoms with Crippen molar-refractivity contribution in [2.45, 2.75) is 58.0 Å². The van der Waals surface area contributed by atoms with E-state index in [-0.39, 0.29) is 5.91 Å². The Morgan fingerprint density at radius 2 is 1.77 bits per heavy atom. The van der Waals surface area contributed by atoms with Crippen LogP contribution in [-0.2, 0) is 4.74 Å². The van der Waals surface area contributed by atoms with Crippen molar-refractivity contribution in [2.75, 3.05) is 32.8 Å². The Labute approximate surface area is 157 Å². The molecule has 2 saturated heterocycles. The van der Waals surface area contributed by atoms with Gasteiger partial charge in [0.05, 0.1) is 0 Å². The van der Waals surface area contributed by atoms with Gasteiger partial charge in [0, 0.05) is 56.3 Å². The van der Waals surface area contributed by atoms with E-state index in [0.717, 1.165) is 63.5 Å². The molecule has 1 amide bonds. The number of piperidine rings is 1. The number of pyridine rings is 1. The lowest BCUT2D eigenvalue weighted by molar-refractivity contribution is 0.000900. The van der Waals surface area contributed by atoms with E-state index in [9.17, 15) is 4.79 Å². The highest BCUT2D eigenvalue weighted by atomic mass is 16.5. The van der Waals surface area contributed by atoms with E-state index in [1.165, 1.54) is 13.0 Å². The molecule has 0 aliphatic carbocycles. The maximum absolute atomic E-state index is 12.7. The van der Waals surface area contributed by atoms with E-state index in [0.29, 0.717) is 12.1 Å². The highest BCUT2D eigenvalue weighted by molar-refractivity contribution is 5.94. The minimum absolute atomic E-state index is 0.144. The van der Waals surface area contributed by atoms with Crippen molar-refractivity contribution in [3.05, 3.63) is 30.1 Å². The molecule has 2 aliphatic rings. The smallest absolute Gasteiger partial charge is 0.253 e. The van der Waals surface area contributed by atoms with E-state index >= 15 is 0 Å². The number of carbonyl (C=O) groups excluding carboxylic acids is 1. The van der Waals surface area contributed by atoms with E-state index in [2.05, 4.69) is 23.7 Å². The first-order valence-electron chi connectivity index (χ1n) is 10.2. The van der Waals surface area contributed by atoms with Gasteiger partial charge in [0.25, 0.3) is 5.91 Å². The van der Waals surface area contributed by atoms with Crippen molar-refractivity contribution in [3.8, 4) is 0 Å². The summed E-state index contributed by atoms with van der Waals surface area (Å²) in [5.74, 6) is 0.872. The van der Waals surface area contributed by atoms with Gasteiger partial charge in [-0.25, -0.2) is 0 Å². The fourth-order valence-electron chi connectivity index (χ4n) is 4.17. The second-order valence-electron chi connectivity index (χ2n) is 8.02. The van der Waals surface area contributed by atoms with Crippen molar-refractivity contribution in [1.82, 2.24) is 14.8 Å². The Kier molecular flexibility index (Phi) is 7.03. The zero-order chi connectivity index (χ0) is 18.4. The molecule has 2 fully saturated rings. The summed E-state index contributed by atoms with van der Waals surface area (Å²) in [6, 6.07) is 4.87. The van der Waals surface area contributed by atoms with Crippen LogP contribution in [0.1, 0.15) is 56.3 Å². The zero-order valence-electron chi connectivity index (χ0n) is 16.3. The third-order valence-corrected chi connectivity index (χ3v) is 5.77. The number of carbonyl (C=O) groups is 1. The largest absolute Gasteiger partial charge is 0.381 e. The quantitative estimate of drug-likeness (QED) is 0.782. The molecule has 0 saturated carbocycles. The minimum atomic E-state index is 0.144. The molecule has 5 heteroatoms. The lowest BCUT2D eigenvalue weighted by atomic mass is 9.96. The molecule has 0 atom stereocenters. The fraction of sp³-hybridized carbons (Fsp3) is 0.714. The van der Waals surface area contributed by atoms with Crippen LogP contribution < -0.4 is 0 Å². The summed E-state index contributed by atoms with van der Waals surface area (Å²) in [5, 5.41) is 0. The monoisotopic (exact) mass is 359 g/mol. The fourth-order valence-corrected chi connectivity index (χ4v) is 4.17. The normalized spacial score (nSPS) is 20.1. The topological polar surface area (TPSA) is 45.7 Å². The molecular formula is C21H33N3O2. The van der Waals surface area contributed by atoms with Crippen LogP contribution in [0.5, 0.6) is 0 Å². The molecule has 3 heterocycles. The van der Waals surface area contributed by atoms with Gasteiger partial charge in [-0.15, -0.1) is 0 Å². The zero-order valence-corrected chi connectivity index (χ0v) is 16.3. The summed E-state index contributed by atoms with van der Waals surface area (Å²) >= 11 is 0. The van der Waals surface area contributed by atoms with Crippen molar-refractivity contribution in [3.63, 3.8) is 0 Å². The number of amides is 1. The average Bonchev–Trinajstić information content (AvgIpc) is 2.69. The lowest BCUT2D eigenvalue weighted by Crippen LogP contribution is -2.51. The highest BCUT2D eigenvalue weighted by Crippen LogP contribution is 2.25. The molecule has 5 nitrogen and oxygen atoms in total. The number of nitrogens with zero attached hydrogens (tertiary/aromatic N) is 3. The summed E-state index contributed by atoms with van der Waals surface area (Å²) in [4.78, 5) is 21.4. The predicted molar refractivity (Wildman–Crippen MR) is 103 cm³/mol. The van der Waals surface area contributed by atoms with Crippen LogP contribution in [0.2, 0.25) is 0 Å². The standard InChI is InChI=1S/C21H33N3O2/c1-17(2)5-14-24(20-8-15-26-16-9-20)19-6-12-23(13-7-19)21(25)18-3-10-22-11-4-18/h3-4,10-11,17,19-20H,5-9,12-16H2,1-2H3. The molecular weight excluding hydrogens is 326 g/mol. The van der Waals surface area contributed by atoms with Crippen molar-refractivity contribution >= 4 is 5.91 Å². The Morgan fingerprint density at radius 1 is 1.15 bits per heavy atom. The lowest BCUT2D eigenvalue weighted by Gasteiger charge is -2.44. The summed E-state index contributed by atoms with van der Waals surface area (Å²) in [6.45, 7) is 9.27. The molecule has 3 rings (SSSR count). The number of aromatic nitrogens is 1. The van der Waals surface area contributed by atoms with Gasteiger partial charge in [-0.1, -0.05) is 13.8 Å². The highest BCUT2D eigenvalue weighted by Gasteiger charge is 2.31. The molecule has 1 aromatic heterocycles. The summed E-state index contributed by atoms with van der Waals surface area (Å²) < 4.78 is 5.58. The predicted octanol–water partition coefficient (Wildman–Crippen LogP) is 3.21. The van der Waals surface area contributed by atoms with Gasteiger partial charge < -0.3 is 9.64 Å². The average molecular weight is 360 g/mol. The van der Waals surface area contributed by atoms with Gasteiger partial charge in [-0.3, -0.25) is 14.7 Å². The Balaban J connectivity index is 1.58. The van der Waals surface area contributed by atoms with Crippen molar-refractivity contribution in [2.24, 2.45) is 5.92 Å². The second-order valence-corrected chi connectivity index (χ2v) is 8.02. The van der Waals surface area contributed by atoms with Gasteiger partial charge in [0.2, 0.25) is 0 Å². The Hall–Kier alpha value is -1.46. The number of likely N-dealkylation sites (tertiary alicyclic amines) is 1. The number of hydrogen-bond acceptors (Lipinski definition) is 4. The van der Waals surface area contributed by atoms with Gasteiger partial charge in [-0.2, -0.15) is 0 Å². The summed E-state index contributed by atoms with van der Waals surface area (Å²) in [5.41, 5.74) is 0.750. The van der Waals surface area contributed by atoms with Crippen molar-refractivity contribution in [1.29, 1.82) is 0 Å². The van der Waals surface area contributed by atoms with E-state index in [1.807, 2.05) is 17.0 Å². The first kappa shape index (κ1) is 19.3. The van der Waals surface area contributed by atoms with Crippen LogP contribution in [0.25, 0.3) is 0 Å². The third-order valence-electron chi connectivity index (χ3n) is 5.77. The van der Waals surface area contributed by atoms with Crippen LogP contribution in [0.4, 0.5) is 0 Å². The van der Waals surface area contributed by atoms with Gasteiger partial charge >= 0.3 is 0 Å². The molecule has 2 aliphatic heterocycles. The number of ether oxygens (including phenoxy) is 1. The van der Waals surface area contributed by atoms with Crippen molar-refractivity contribution < 1.29 is 9.53 Å². The third kappa shape index (κ3) is 5.04. The molecule has 0 radical (unpaired) electrons. The molecule has 0 spiro atoms.